The Bertz CT molecular complexity index is 509. The van der Waals surface area contributed by atoms with Crippen molar-refractivity contribution in [2.45, 2.75) is 58.2 Å². The Morgan fingerprint density at radius 3 is 2.70 bits per heavy atom. The summed E-state index contributed by atoms with van der Waals surface area (Å²) in [5.41, 5.74) is 2.41. The third kappa shape index (κ3) is 3.97. The Balaban J connectivity index is 2.00. The van der Waals surface area contributed by atoms with E-state index in [9.17, 15) is 0 Å². The number of halogens is 2. The molecule has 0 heterocycles. The number of benzene rings is 1. The molecule has 1 N–H and O–H groups in total. The molecule has 1 aromatic rings. The molecule has 1 aliphatic rings. The molecular formula is C16H22Cl2N2. The second-order valence-electron chi connectivity index (χ2n) is 6.02. The minimum atomic E-state index is 0.166. The summed E-state index contributed by atoms with van der Waals surface area (Å²) in [7, 11) is 0. The van der Waals surface area contributed by atoms with Crippen molar-refractivity contribution in [1.82, 2.24) is 5.32 Å². The molecule has 0 radical (unpaired) electrons. The van der Waals surface area contributed by atoms with E-state index >= 15 is 0 Å². The topological polar surface area (TPSA) is 24.4 Å². The molecule has 20 heavy (non-hydrogen) atoms. The molecule has 1 aliphatic carbocycles. The number of rotatable bonds is 5. The molecule has 2 nitrogen and oxygen atoms in total. The van der Waals surface area contributed by atoms with Gasteiger partial charge in [0, 0.05) is 27.3 Å². The largest absolute Gasteiger partial charge is 0.304 e. The predicted molar refractivity (Wildman–Crippen MR) is 88.1 cm³/mol. The zero-order chi connectivity index (χ0) is 14.8. The zero-order valence-corrected chi connectivity index (χ0v) is 13.9. The second kappa shape index (κ2) is 6.46. The van der Waals surface area contributed by atoms with Crippen molar-refractivity contribution < 1.29 is 0 Å². The summed E-state index contributed by atoms with van der Waals surface area (Å²) in [6, 6.07) is 5.95. The van der Waals surface area contributed by atoms with E-state index < -0.39 is 0 Å². The summed E-state index contributed by atoms with van der Waals surface area (Å²) in [6.45, 7) is 7.28. The fraction of sp³-hybridized carbons (Fsp3) is 0.562. The Kier molecular flexibility index (Phi) is 5.11. The van der Waals surface area contributed by atoms with E-state index in [4.69, 9.17) is 28.2 Å². The van der Waals surface area contributed by atoms with Gasteiger partial charge < -0.3 is 5.32 Å². The number of aliphatic imine (C=N–C) groups is 1. The third-order valence-electron chi connectivity index (χ3n) is 4.00. The quantitative estimate of drug-likeness (QED) is 0.823. The van der Waals surface area contributed by atoms with Gasteiger partial charge in [0.15, 0.2) is 0 Å². The summed E-state index contributed by atoms with van der Waals surface area (Å²) < 4.78 is 0. The summed E-state index contributed by atoms with van der Waals surface area (Å²) in [5, 5.41) is 5.11. The fourth-order valence-electron chi connectivity index (χ4n) is 2.19. The number of nitrogens with one attached hydrogen (secondary N) is 1. The maximum atomic E-state index is 6.16. The average molecular weight is 313 g/mol. The summed E-state index contributed by atoms with van der Waals surface area (Å²) in [5.74, 6) is 0. The van der Waals surface area contributed by atoms with Crippen molar-refractivity contribution in [3.8, 4) is 0 Å². The van der Waals surface area contributed by atoms with Gasteiger partial charge in [0.25, 0.3) is 0 Å². The lowest BCUT2D eigenvalue weighted by Gasteiger charge is -2.37. The van der Waals surface area contributed by atoms with Gasteiger partial charge in [-0.1, -0.05) is 30.1 Å². The van der Waals surface area contributed by atoms with E-state index in [1.807, 2.05) is 12.1 Å². The van der Waals surface area contributed by atoms with Gasteiger partial charge in [-0.25, -0.2) is 0 Å². The van der Waals surface area contributed by atoms with Crippen LogP contribution in [-0.2, 0) is 6.54 Å². The van der Waals surface area contributed by atoms with Gasteiger partial charge in [0.2, 0.25) is 0 Å². The summed E-state index contributed by atoms with van der Waals surface area (Å²) in [4.78, 5) is 4.71. The Hall–Kier alpha value is -0.570. The van der Waals surface area contributed by atoms with E-state index in [1.165, 1.54) is 12.1 Å². The predicted octanol–water partition coefficient (Wildman–Crippen LogP) is 4.88. The minimum absolute atomic E-state index is 0.166. The van der Waals surface area contributed by atoms with Crippen molar-refractivity contribution in [3.05, 3.63) is 33.8 Å². The molecule has 0 aliphatic heterocycles. The highest BCUT2D eigenvalue weighted by atomic mass is 35.5. The first-order valence-electron chi connectivity index (χ1n) is 7.16. The molecule has 110 valence electrons. The van der Waals surface area contributed by atoms with Crippen LogP contribution in [0.15, 0.2) is 23.2 Å². The van der Waals surface area contributed by atoms with Crippen LogP contribution in [-0.4, -0.2) is 17.3 Å². The lowest BCUT2D eigenvalue weighted by Crippen LogP contribution is -2.53. The van der Waals surface area contributed by atoms with Crippen LogP contribution in [0.25, 0.3) is 0 Å². The van der Waals surface area contributed by atoms with Crippen molar-refractivity contribution in [3.63, 3.8) is 0 Å². The van der Waals surface area contributed by atoms with Crippen molar-refractivity contribution >= 4 is 28.9 Å². The van der Waals surface area contributed by atoms with Gasteiger partial charge in [-0.3, -0.25) is 4.99 Å². The molecule has 1 fully saturated rings. The molecule has 1 aromatic carbocycles. The van der Waals surface area contributed by atoms with Crippen LogP contribution in [0.1, 0.15) is 45.6 Å². The lowest BCUT2D eigenvalue weighted by atomic mass is 9.86. The lowest BCUT2D eigenvalue weighted by molar-refractivity contribution is 0.333. The maximum absolute atomic E-state index is 6.16. The number of hydrogen-bond acceptors (Lipinski definition) is 2. The van der Waals surface area contributed by atoms with Gasteiger partial charge in [0.05, 0.1) is 6.54 Å². The number of nitrogens with zero attached hydrogens (tertiary/aromatic N) is 1. The zero-order valence-electron chi connectivity index (χ0n) is 12.3. The molecule has 0 amide bonds. The highest BCUT2D eigenvalue weighted by molar-refractivity contribution is 6.33. The fourth-order valence-corrected chi connectivity index (χ4v) is 2.56. The van der Waals surface area contributed by atoms with Crippen molar-refractivity contribution in [2.24, 2.45) is 4.99 Å². The van der Waals surface area contributed by atoms with Gasteiger partial charge in [-0.05, 0) is 56.9 Å². The standard InChI is InChI=1S/C16H22Cl2N2/c1-4-16(2,3)20-15-8-7-14(15)19-10-11-9-12(17)5-6-13(11)18/h5-6,9,15,20H,4,7-8,10H2,1-3H3. The molecule has 0 bridgehead atoms. The summed E-state index contributed by atoms with van der Waals surface area (Å²) in [6.07, 6.45) is 3.36. The summed E-state index contributed by atoms with van der Waals surface area (Å²) >= 11 is 12.2. The van der Waals surface area contributed by atoms with E-state index in [0.717, 1.165) is 23.4 Å². The molecule has 1 atom stereocenters. The maximum Gasteiger partial charge on any atom is 0.0654 e. The van der Waals surface area contributed by atoms with Gasteiger partial charge >= 0.3 is 0 Å². The van der Waals surface area contributed by atoms with Crippen LogP contribution in [0.5, 0.6) is 0 Å². The smallest absolute Gasteiger partial charge is 0.0654 e. The Morgan fingerprint density at radius 1 is 1.35 bits per heavy atom. The third-order valence-corrected chi connectivity index (χ3v) is 4.60. The molecule has 0 saturated heterocycles. The SMILES string of the molecule is CCC(C)(C)NC1CCC1=NCc1cc(Cl)ccc1Cl. The van der Waals surface area contributed by atoms with Crippen LogP contribution >= 0.6 is 23.2 Å². The van der Waals surface area contributed by atoms with E-state index in [0.29, 0.717) is 17.6 Å². The normalized spacial score (nSPS) is 21.1. The minimum Gasteiger partial charge on any atom is -0.304 e. The van der Waals surface area contributed by atoms with E-state index in [2.05, 4.69) is 26.1 Å². The van der Waals surface area contributed by atoms with Gasteiger partial charge in [0.1, 0.15) is 0 Å². The van der Waals surface area contributed by atoms with Gasteiger partial charge in [-0.15, -0.1) is 0 Å². The second-order valence-corrected chi connectivity index (χ2v) is 6.86. The van der Waals surface area contributed by atoms with Crippen molar-refractivity contribution in [2.75, 3.05) is 0 Å². The monoisotopic (exact) mass is 312 g/mol. The molecule has 2 rings (SSSR count). The molecule has 1 saturated carbocycles. The average Bonchev–Trinajstić information content (AvgIpc) is 2.39. The molecule has 0 spiro atoms. The van der Waals surface area contributed by atoms with Crippen LogP contribution in [0.3, 0.4) is 0 Å². The van der Waals surface area contributed by atoms with Crippen LogP contribution in [0.4, 0.5) is 0 Å². The van der Waals surface area contributed by atoms with E-state index in [-0.39, 0.29) is 5.54 Å². The first-order chi connectivity index (χ1) is 9.41. The van der Waals surface area contributed by atoms with E-state index in [1.54, 1.807) is 6.07 Å². The highest BCUT2D eigenvalue weighted by Gasteiger charge is 2.30. The Labute approximate surface area is 131 Å². The first-order valence-corrected chi connectivity index (χ1v) is 7.92. The number of hydrogen-bond donors (Lipinski definition) is 1. The van der Waals surface area contributed by atoms with Crippen LogP contribution in [0.2, 0.25) is 10.0 Å². The van der Waals surface area contributed by atoms with Crippen LogP contribution in [0, 0.1) is 0 Å². The molecular weight excluding hydrogens is 291 g/mol. The van der Waals surface area contributed by atoms with Crippen LogP contribution < -0.4 is 5.32 Å². The Morgan fingerprint density at radius 2 is 2.10 bits per heavy atom. The molecule has 4 heteroatoms. The first kappa shape index (κ1) is 15.8. The molecule has 0 aromatic heterocycles. The van der Waals surface area contributed by atoms with Crippen molar-refractivity contribution in [1.29, 1.82) is 0 Å². The van der Waals surface area contributed by atoms with Gasteiger partial charge in [-0.2, -0.15) is 0 Å². The molecule has 1 unspecified atom stereocenters. The highest BCUT2D eigenvalue weighted by Crippen LogP contribution is 2.24.